The standard InChI is InChI=1S/C17H26IN/c1-12(2)14-5-7-15(8-6-14)17(19)11-13-3-9-16(18)10-4-13/h3-4,9-10,12,14-15,17H,5-8,11,19H2,1-2H3. The first kappa shape index (κ1) is 15.3. The Morgan fingerprint density at radius 2 is 1.58 bits per heavy atom. The van der Waals surface area contributed by atoms with Crippen molar-refractivity contribution in [1.82, 2.24) is 0 Å². The largest absolute Gasteiger partial charge is 0.327 e. The second-order valence-corrected chi connectivity index (χ2v) is 7.66. The summed E-state index contributed by atoms with van der Waals surface area (Å²) in [5.41, 5.74) is 7.83. The van der Waals surface area contributed by atoms with Gasteiger partial charge in [-0.25, -0.2) is 0 Å². The van der Waals surface area contributed by atoms with Crippen LogP contribution in [-0.2, 0) is 6.42 Å². The normalized spacial score (nSPS) is 25.5. The Balaban J connectivity index is 1.84. The SMILES string of the molecule is CC(C)C1CCC(C(N)Cc2ccc(I)cc2)CC1. The smallest absolute Gasteiger partial charge is 0.0130 e. The highest BCUT2D eigenvalue weighted by atomic mass is 127. The highest BCUT2D eigenvalue weighted by Gasteiger charge is 2.26. The van der Waals surface area contributed by atoms with Crippen LogP contribution in [0.3, 0.4) is 0 Å². The molecular weight excluding hydrogens is 345 g/mol. The maximum Gasteiger partial charge on any atom is 0.0130 e. The molecular formula is C17H26IN. The van der Waals surface area contributed by atoms with Gasteiger partial charge in [-0.15, -0.1) is 0 Å². The van der Waals surface area contributed by atoms with E-state index in [4.69, 9.17) is 5.73 Å². The first-order valence-electron chi connectivity index (χ1n) is 7.56. The molecule has 2 rings (SSSR count). The van der Waals surface area contributed by atoms with E-state index >= 15 is 0 Å². The van der Waals surface area contributed by atoms with Gasteiger partial charge in [0.1, 0.15) is 0 Å². The van der Waals surface area contributed by atoms with Crippen LogP contribution in [0.4, 0.5) is 0 Å². The minimum Gasteiger partial charge on any atom is -0.327 e. The third kappa shape index (κ3) is 4.45. The van der Waals surface area contributed by atoms with Gasteiger partial charge in [-0.3, -0.25) is 0 Å². The summed E-state index contributed by atoms with van der Waals surface area (Å²) in [6.07, 6.45) is 6.45. The van der Waals surface area contributed by atoms with Crippen LogP contribution in [0, 0.1) is 21.3 Å². The van der Waals surface area contributed by atoms with E-state index in [-0.39, 0.29) is 0 Å². The molecule has 0 heterocycles. The maximum atomic E-state index is 6.44. The Kier molecular flexibility index (Phi) is 5.70. The fourth-order valence-electron chi connectivity index (χ4n) is 3.30. The Labute approximate surface area is 131 Å². The van der Waals surface area contributed by atoms with Gasteiger partial charge in [-0.1, -0.05) is 26.0 Å². The lowest BCUT2D eigenvalue weighted by Gasteiger charge is -2.34. The van der Waals surface area contributed by atoms with Crippen LogP contribution >= 0.6 is 22.6 Å². The third-order valence-corrected chi connectivity index (χ3v) is 5.47. The van der Waals surface area contributed by atoms with Gasteiger partial charge in [-0.2, -0.15) is 0 Å². The Bertz CT molecular complexity index is 377. The van der Waals surface area contributed by atoms with Crippen molar-refractivity contribution in [3.63, 3.8) is 0 Å². The van der Waals surface area contributed by atoms with Crippen molar-refractivity contribution in [2.24, 2.45) is 23.5 Å². The summed E-state index contributed by atoms with van der Waals surface area (Å²) in [6, 6.07) is 9.15. The van der Waals surface area contributed by atoms with Crippen LogP contribution in [0.5, 0.6) is 0 Å². The Hall–Kier alpha value is -0.0900. The number of benzene rings is 1. The monoisotopic (exact) mass is 371 g/mol. The molecule has 0 spiro atoms. The fraction of sp³-hybridized carbons (Fsp3) is 0.647. The van der Waals surface area contributed by atoms with E-state index in [9.17, 15) is 0 Å². The molecule has 1 aliphatic carbocycles. The zero-order chi connectivity index (χ0) is 13.8. The summed E-state index contributed by atoms with van der Waals surface area (Å²) < 4.78 is 1.30. The summed E-state index contributed by atoms with van der Waals surface area (Å²) >= 11 is 2.35. The average molecular weight is 371 g/mol. The van der Waals surface area contributed by atoms with Gasteiger partial charge >= 0.3 is 0 Å². The van der Waals surface area contributed by atoms with Crippen LogP contribution in [0.2, 0.25) is 0 Å². The molecule has 0 aliphatic heterocycles. The van der Waals surface area contributed by atoms with Crippen molar-refractivity contribution in [2.75, 3.05) is 0 Å². The van der Waals surface area contributed by atoms with E-state index in [0.717, 1.165) is 24.2 Å². The first-order valence-corrected chi connectivity index (χ1v) is 8.64. The molecule has 1 aromatic rings. The van der Waals surface area contributed by atoms with E-state index in [0.29, 0.717) is 6.04 Å². The lowest BCUT2D eigenvalue weighted by molar-refractivity contribution is 0.202. The minimum atomic E-state index is 0.341. The van der Waals surface area contributed by atoms with Gasteiger partial charge in [-0.05, 0) is 90.1 Å². The molecule has 2 N–H and O–H groups in total. The summed E-state index contributed by atoms with van der Waals surface area (Å²) in [6.45, 7) is 4.72. The van der Waals surface area contributed by atoms with E-state index in [1.165, 1.54) is 34.8 Å². The lowest BCUT2D eigenvalue weighted by Crippen LogP contribution is -2.35. The molecule has 1 saturated carbocycles. The summed E-state index contributed by atoms with van der Waals surface area (Å²) in [4.78, 5) is 0. The molecule has 0 bridgehead atoms. The molecule has 0 amide bonds. The van der Waals surface area contributed by atoms with Gasteiger partial charge in [0.2, 0.25) is 0 Å². The first-order chi connectivity index (χ1) is 9.06. The van der Waals surface area contributed by atoms with E-state index in [2.05, 4.69) is 60.7 Å². The molecule has 2 heteroatoms. The quantitative estimate of drug-likeness (QED) is 0.768. The van der Waals surface area contributed by atoms with Crippen LogP contribution in [0.15, 0.2) is 24.3 Å². The zero-order valence-electron chi connectivity index (χ0n) is 12.1. The van der Waals surface area contributed by atoms with Gasteiger partial charge in [0.25, 0.3) is 0 Å². The number of hydrogen-bond donors (Lipinski definition) is 1. The van der Waals surface area contributed by atoms with E-state index in [1.807, 2.05) is 0 Å². The summed E-state index contributed by atoms with van der Waals surface area (Å²) in [7, 11) is 0. The van der Waals surface area contributed by atoms with Gasteiger partial charge < -0.3 is 5.73 Å². The second-order valence-electron chi connectivity index (χ2n) is 6.41. The number of rotatable bonds is 4. The molecule has 1 aliphatic rings. The molecule has 1 fully saturated rings. The molecule has 1 nitrogen and oxygen atoms in total. The summed E-state index contributed by atoms with van der Waals surface area (Å²) in [5.74, 6) is 2.50. The Morgan fingerprint density at radius 3 is 2.11 bits per heavy atom. The van der Waals surface area contributed by atoms with Crippen molar-refractivity contribution in [3.05, 3.63) is 33.4 Å². The lowest BCUT2D eigenvalue weighted by atomic mass is 9.74. The number of hydrogen-bond acceptors (Lipinski definition) is 1. The van der Waals surface area contributed by atoms with Crippen LogP contribution < -0.4 is 5.73 Å². The molecule has 0 saturated heterocycles. The Morgan fingerprint density at radius 1 is 1.05 bits per heavy atom. The van der Waals surface area contributed by atoms with Crippen molar-refractivity contribution >= 4 is 22.6 Å². The topological polar surface area (TPSA) is 26.0 Å². The predicted octanol–water partition coefficient (Wildman–Crippen LogP) is 4.62. The third-order valence-electron chi connectivity index (χ3n) is 4.75. The fourth-order valence-corrected chi connectivity index (χ4v) is 3.66. The second kappa shape index (κ2) is 7.07. The zero-order valence-corrected chi connectivity index (χ0v) is 14.3. The molecule has 1 atom stereocenters. The number of halogens is 1. The molecule has 0 aromatic heterocycles. The molecule has 19 heavy (non-hydrogen) atoms. The average Bonchev–Trinajstić information content (AvgIpc) is 2.41. The predicted molar refractivity (Wildman–Crippen MR) is 91.1 cm³/mol. The molecule has 0 radical (unpaired) electrons. The van der Waals surface area contributed by atoms with Gasteiger partial charge in [0.15, 0.2) is 0 Å². The van der Waals surface area contributed by atoms with Crippen molar-refractivity contribution < 1.29 is 0 Å². The van der Waals surface area contributed by atoms with Gasteiger partial charge in [0.05, 0.1) is 0 Å². The van der Waals surface area contributed by atoms with Crippen LogP contribution in [0.25, 0.3) is 0 Å². The number of nitrogens with two attached hydrogens (primary N) is 1. The minimum absolute atomic E-state index is 0.341. The molecule has 106 valence electrons. The highest BCUT2D eigenvalue weighted by Crippen LogP contribution is 2.34. The maximum absolute atomic E-state index is 6.44. The van der Waals surface area contributed by atoms with Gasteiger partial charge in [0, 0.05) is 9.61 Å². The highest BCUT2D eigenvalue weighted by molar-refractivity contribution is 14.1. The molecule has 1 aromatic carbocycles. The van der Waals surface area contributed by atoms with Crippen molar-refractivity contribution in [1.29, 1.82) is 0 Å². The van der Waals surface area contributed by atoms with E-state index in [1.54, 1.807) is 0 Å². The molecule has 1 unspecified atom stereocenters. The van der Waals surface area contributed by atoms with Crippen LogP contribution in [0.1, 0.15) is 45.1 Å². The van der Waals surface area contributed by atoms with Crippen molar-refractivity contribution in [3.8, 4) is 0 Å². The van der Waals surface area contributed by atoms with Crippen molar-refractivity contribution in [2.45, 2.75) is 52.0 Å². The van der Waals surface area contributed by atoms with Crippen LogP contribution in [-0.4, -0.2) is 6.04 Å². The summed E-state index contributed by atoms with van der Waals surface area (Å²) in [5, 5.41) is 0. The van der Waals surface area contributed by atoms with E-state index < -0.39 is 0 Å².